The molecule has 2 heterocycles. The lowest BCUT2D eigenvalue weighted by Crippen LogP contribution is -2.70. The predicted octanol–water partition coefficient (Wildman–Crippen LogP) is 3.33. The number of carbonyl (C=O) groups is 2. The van der Waals surface area contributed by atoms with Crippen LogP contribution in [0.5, 0.6) is 0 Å². The van der Waals surface area contributed by atoms with Crippen molar-refractivity contribution in [3.63, 3.8) is 0 Å². The van der Waals surface area contributed by atoms with Gasteiger partial charge >= 0.3 is 0 Å². The minimum Gasteiger partial charge on any atom is -0.339 e. The zero-order valence-corrected chi connectivity index (χ0v) is 18.3. The molecule has 5 nitrogen and oxygen atoms in total. The predicted molar refractivity (Wildman–Crippen MR) is 119 cm³/mol. The van der Waals surface area contributed by atoms with Crippen molar-refractivity contribution in [1.29, 1.82) is 0 Å². The van der Waals surface area contributed by atoms with E-state index in [-0.39, 0.29) is 23.4 Å². The van der Waals surface area contributed by atoms with Crippen LogP contribution in [0.15, 0.2) is 54.6 Å². The van der Waals surface area contributed by atoms with Crippen molar-refractivity contribution in [1.82, 2.24) is 14.7 Å². The highest BCUT2D eigenvalue weighted by atomic mass is 35.5. The molecule has 2 amide bonds. The van der Waals surface area contributed by atoms with E-state index >= 15 is 0 Å². The van der Waals surface area contributed by atoms with Crippen LogP contribution in [0.3, 0.4) is 0 Å². The summed E-state index contributed by atoms with van der Waals surface area (Å²) >= 11 is 5.97. The molecule has 0 unspecified atom stereocenters. The van der Waals surface area contributed by atoms with Crippen molar-refractivity contribution in [2.24, 2.45) is 0 Å². The van der Waals surface area contributed by atoms with Gasteiger partial charge in [-0.15, -0.1) is 0 Å². The fourth-order valence-corrected chi connectivity index (χ4v) is 4.85. The first-order chi connectivity index (χ1) is 14.3. The maximum Gasteiger partial charge on any atom is 0.253 e. The summed E-state index contributed by atoms with van der Waals surface area (Å²) in [4.78, 5) is 32.3. The zero-order valence-electron chi connectivity index (χ0n) is 17.6. The zero-order chi connectivity index (χ0) is 21.3. The summed E-state index contributed by atoms with van der Waals surface area (Å²) in [7, 11) is 0. The Bertz CT molecular complexity index is 914. The summed E-state index contributed by atoms with van der Waals surface area (Å²) in [6.45, 7) is 7.88. The molecular formula is C24H28ClN3O2. The lowest BCUT2D eigenvalue weighted by atomic mass is 9.92. The van der Waals surface area contributed by atoms with Gasteiger partial charge in [-0.1, -0.05) is 41.9 Å². The van der Waals surface area contributed by atoms with Gasteiger partial charge in [-0.25, -0.2) is 0 Å². The monoisotopic (exact) mass is 425 g/mol. The van der Waals surface area contributed by atoms with Crippen LogP contribution >= 0.6 is 11.6 Å². The molecule has 0 aromatic heterocycles. The molecule has 4 rings (SSSR count). The van der Waals surface area contributed by atoms with Crippen molar-refractivity contribution in [3.8, 4) is 0 Å². The van der Waals surface area contributed by atoms with Gasteiger partial charge in [-0.2, -0.15) is 0 Å². The van der Waals surface area contributed by atoms with Crippen molar-refractivity contribution in [2.75, 3.05) is 32.7 Å². The van der Waals surface area contributed by atoms with Gasteiger partial charge in [0.05, 0.1) is 6.42 Å². The summed E-state index contributed by atoms with van der Waals surface area (Å²) in [5.74, 6) is 0.173. The first-order valence-electron chi connectivity index (χ1n) is 10.5. The van der Waals surface area contributed by atoms with Crippen LogP contribution in [0.4, 0.5) is 0 Å². The molecule has 2 aliphatic rings. The molecule has 2 saturated heterocycles. The SMILES string of the molecule is CC1(C)CN(C(=O)c2ccc(Cl)cc2)C[C@@H]2CN(C(=O)Cc3ccccc3)CCN21. The quantitative estimate of drug-likeness (QED) is 0.757. The molecule has 0 N–H and O–H groups in total. The molecular weight excluding hydrogens is 398 g/mol. The first-order valence-corrected chi connectivity index (χ1v) is 10.8. The number of rotatable bonds is 3. The second kappa shape index (κ2) is 8.40. The Hall–Kier alpha value is -2.37. The molecule has 0 saturated carbocycles. The Morgan fingerprint density at radius 2 is 1.63 bits per heavy atom. The van der Waals surface area contributed by atoms with Gasteiger partial charge in [0.2, 0.25) is 5.91 Å². The maximum absolute atomic E-state index is 13.1. The highest BCUT2D eigenvalue weighted by molar-refractivity contribution is 6.30. The standard InChI is InChI=1S/C24H28ClN3O2/c1-24(2)17-27(23(30)19-8-10-20(25)11-9-19)16-21-15-26(12-13-28(21)24)22(29)14-18-6-4-3-5-7-18/h3-11,21H,12-17H2,1-2H3/t21-/m0/s1. The van der Waals surface area contributed by atoms with Crippen LogP contribution in [0, 0.1) is 0 Å². The number of halogens is 1. The van der Waals surface area contributed by atoms with Crippen molar-refractivity contribution in [2.45, 2.75) is 31.8 Å². The van der Waals surface area contributed by atoms with Gasteiger partial charge in [0.15, 0.2) is 0 Å². The van der Waals surface area contributed by atoms with Crippen molar-refractivity contribution in [3.05, 3.63) is 70.7 Å². The Morgan fingerprint density at radius 1 is 0.967 bits per heavy atom. The van der Waals surface area contributed by atoms with Gasteiger partial charge in [0.25, 0.3) is 5.91 Å². The molecule has 2 aromatic rings. The number of fused-ring (bicyclic) bond motifs is 1. The number of piperazine rings is 2. The van der Waals surface area contributed by atoms with Gasteiger partial charge < -0.3 is 9.80 Å². The van der Waals surface area contributed by atoms with E-state index in [4.69, 9.17) is 11.6 Å². The summed E-state index contributed by atoms with van der Waals surface area (Å²) < 4.78 is 0. The van der Waals surface area contributed by atoms with E-state index in [0.29, 0.717) is 36.6 Å². The first kappa shape index (κ1) is 20.9. The Kier molecular flexibility index (Phi) is 5.85. The normalized spacial score (nSPS) is 21.2. The Labute approximate surface area is 183 Å². The minimum absolute atomic E-state index is 0.0205. The molecule has 1 atom stereocenters. The third-order valence-corrected chi connectivity index (χ3v) is 6.45. The van der Waals surface area contributed by atoms with Crippen LogP contribution in [-0.4, -0.2) is 70.8 Å². The second-order valence-electron chi connectivity index (χ2n) is 8.85. The molecule has 2 aliphatic heterocycles. The molecule has 6 heteroatoms. The molecule has 158 valence electrons. The molecule has 0 aliphatic carbocycles. The third-order valence-electron chi connectivity index (χ3n) is 6.20. The molecule has 0 radical (unpaired) electrons. The average Bonchev–Trinajstić information content (AvgIpc) is 2.73. The highest BCUT2D eigenvalue weighted by Gasteiger charge is 2.44. The summed E-state index contributed by atoms with van der Waals surface area (Å²) in [6, 6.07) is 17.1. The molecule has 2 aromatic carbocycles. The van der Waals surface area contributed by atoms with Crippen LogP contribution in [-0.2, 0) is 11.2 Å². The van der Waals surface area contributed by atoms with Crippen LogP contribution in [0.1, 0.15) is 29.8 Å². The van der Waals surface area contributed by atoms with Gasteiger partial charge in [-0.05, 0) is 43.7 Å². The number of amides is 2. The van der Waals surface area contributed by atoms with Gasteiger partial charge in [-0.3, -0.25) is 14.5 Å². The van der Waals surface area contributed by atoms with E-state index in [9.17, 15) is 9.59 Å². The molecule has 30 heavy (non-hydrogen) atoms. The van der Waals surface area contributed by atoms with E-state index < -0.39 is 0 Å². The van der Waals surface area contributed by atoms with E-state index in [2.05, 4.69) is 18.7 Å². The van der Waals surface area contributed by atoms with Crippen LogP contribution in [0.25, 0.3) is 0 Å². The maximum atomic E-state index is 13.1. The van der Waals surface area contributed by atoms with E-state index in [0.717, 1.165) is 18.7 Å². The number of hydrogen-bond donors (Lipinski definition) is 0. The fourth-order valence-electron chi connectivity index (χ4n) is 4.72. The van der Waals surface area contributed by atoms with Crippen molar-refractivity contribution < 1.29 is 9.59 Å². The number of hydrogen-bond acceptors (Lipinski definition) is 3. The molecule has 0 spiro atoms. The second-order valence-corrected chi connectivity index (χ2v) is 9.29. The smallest absolute Gasteiger partial charge is 0.253 e. The lowest BCUT2D eigenvalue weighted by Gasteiger charge is -2.55. The minimum atomic E-state index is -0.139. The number of carbonyl (C=O) groups excluding carboxylic acids is 2. The van der Waals surface area contributed by atoms with Crippen molar-refractivity contribution >= 4 is 23.4 Å². The fraction of sp³-hybridized carbons (Fsp3) is 0.417. The summed E-state index contributed by atoms with van der Waals surface area (Å²) in [6.07, 6.45) is 0.421. The summed E-state index contributed by atoms with van der Waals surface area (Å²) in [5.41, 5.74) is 1.55. The van der Waals surface area contributed by atoms with E-state index in [1.165, 1.54) is 0 Å². The van der Waals surface area contributed by atoms with Gasteiger partial charge in [0, 0.05) is 54.9 Å². The van der Waals surface area contributed by atoms with Crippen LogP contribution in [0.2, 0.25) is 5.02 Å². The highest BCUT2D eigenvalue weighted by Crippen LogP contribution is 2.29. The third kappa shape index (κ3) is 4.37. The average molecular weight is 426 g/mol. The lowest BCUT2D eigenvalue weighted by molar-refractivity contribution is -0.137. The Balaban J connectivity index is 1.47. The molecule has 0 bridgehead atoms. The van der Waals surface area contributed by atoms with E-state index in [1.54, 1.807) is 24.3 Å². The van der Waals surface area contributed by atoms with E-state index in [1.807, 2.05) is 40.1 Å². The van der Waals surface area contributed by atoms with Crippen LogP contribution < -0.4 is 0 Å². The van der Waals surface area contributed by atoms with Gasteiger partial charge in [0.1, 0.15) is 0 Å². The number of benzene rings is 2. The topological polar surface area (TPSA) is 43.9 Å². The Morgan fingerprint density at radius 3 is 2.33 bits per heavy atom. The number of nitrogens with zero attached hydrogens (tertiary/aromatic N) is 3. The summed E-state index contributed by atoms with van der Waals surface area (Å²) in [5, 5.41) is 0.622. The largest absolute Gasteiger partial charge is 0.339 e. The molecule has 2 fully saturated rings.